The quantitative estimate of drug-likeness (QED) is 0.174. The highest BCUT2D eigenvalue weighted by atomic mass is 35.5. The summed E-state index contributed by atoms with van der Waals surface area (Å²) in [6.07, 6.45) is 3.28. The fraction of sp³-hybridized carbons (Fsp3) is 0.382. The van der Waals surface area contributed by atoms with Gasteiger partial charge in [-0.1, -0.05) is 30.3 Å². The second kappa shape index (κ2) is 14.7. The van der Waals surface area contributed by atoms with Crippen LogP contribution in [0.2, 0.25) is 0 Å². The van der Waals surface area contributed by atoms with E-state index in [0.717, 1.165) is 29.5 Å². The van der Waals surface area contributed by atoms with Crippen LogP contribution >= 0.6 is 12.4 Å². The van der Waals surface area contributed by atoms with Crippen molar-refractivity contribution < 1.29 is 14.4 Å². The fourth-order valence-corrected chi connectivity index (χ4v) is 6.17. The maximum Gasteiger partial charge on any atom is 0.271 e. The number of carbonyl (C=O) groups excluding carboxylic acids is 3. The summed E-state index contributed by atoms with van der Waals surface area (Å²) in [6, 6.07) is 15.4. The monoisotopic (exact) mass is 647 g/mol. The van der Waals surface area contributed by atoms with Crippen LogP contribution in [-0.2, 0) is 16.0 Å². The number of aryl methyl sites for hydroxylation is 1. The molecule has 0 radical (unpaired) electrons. The summed E-state index contributed by atoms with van der Waals surface area (Å²) in [4.78, 5) is 57.8. The lowest BCUT2D eigenvalue weighted by atomic mass is 9.81. The van der Waals surface area contributed by atoms with Gasteiger partial charge in [-0.25, -0.2) is 4.98 Å². The second-order valence-electron chi connectivity index (χ2n) is 12.2. The Balaban J connectivity index is 0.00000480. The predicted molar refractivity (Wildman–Crippen MR) is 182 cm³/mol. The number of carbonyl (C=O) groups is 3. The molecule has 46 heavy (non-hydrogen) atoms. The van der Waals surface area contributed by atoms with Crippen LogP contribution in [0.25, 0.3) is 22.0 Å². The number of rotatable bonds is 10. The largest absolute Gasteiger partial charge is 0.368 e. The van der Waals surface area contributed by atoms with Crippen molar-refractivity contribution in [3.05, 3.63) is 81.9 Å². The zero-order valence-electron chi connectivity index (χ0n) is 26.3. The summed E-state index contributed by atoms with van der Waals surface area (Å²) in [6.45, 7) is 6.25. The van der Waals surface area contributed by atoms with Crippen LogP contribution < -0.4 is 27.2 Å². The van der Waals surface area contributed by atoms with Crippen molar-refractivity contribution in [2.24, 2.45) is 23.3 Å². The molecule has 5 rings (SSSR count). The molecular formula is C34H42ClN7O4. The lowest BCUT2D eigenvalue weighted by Gasteiger charge is -2.35. The number of aromatic amines is 2. The van der Waals surface area contributed by atoms with E-state index in [1.807, 2.05) is 51.1 Å². The van der Waals surface area contributed by atoms with Gasteiger partial charge in [0.15, 0.2) is 0 Å². The van der Waals surface area contributed by atoms with Crippen molar-refractivity contribution in [1.29, 1.82) is 0 Å². The third-order valence-electron chi connectivity index (χ3n) is 8.68. The normalized spacial score (nSPS) is 16.9. The van der Waals surface area contributed by atoms with Crippen molar-refractivity contribution >= 4 is 46.7 Å². The number of nitrogens with zero attached hydrogens (tertiary/aromatic N) is 2. The first-order valence-electron chi connectivity index (χ1n) is 15.5. The minimum absolute atomic E-state index is 0. The van der Waals surface area contributed by atoms with Gasteiger partial charge in [-0.15, -0.1) is 12.4 Å². The van der Waals surface area contributed by atoms with E-state index in [4.69, 9.17) is 11.5 Å². The van der Waals surface area contributed by atoms with E-state index in [-0.39, 0.29) is 48.2 Å². The molecule has 1 aliphatic carbocycles. The molecule has 1 aliphatic rings. The van der Waals surface area contributed by atoms with E-state index >= 15 is 0 Å². The minimum Gasteiger partial charge on any atom is -0.368 e. The third kappa shape index (κ3) is 7.48. The molecule has 1 fully saturated rings. The average molecular weight is 648 g/mol. The second-order valence-corrected chi connectivity index (χ2v) is 12.2. The van der Waals surface area contributed by atoms with Crippen molar-refractivity contribution in [1.82, 2.24) is 20.5 Å². The van der Waals surface area contributed by atoms with Gasteiger partial charge in [-0.2, -0.15) is 0 Å². The van der Waals surface area contributed by atoms with Crippen LogP contribution in [0.15, 0.2) is 59.4 Å². The Morgan fingerprint density at radius 2 is 1.70 bits per heavy atom. The van der Waals surface area contributed by atoms with Crippen LogP contribution in [0, 0.1) is 18.8 Å². The maximum absolute atomic E-state index is 14.2. The first-order valence-corrected chi connectivity index (χ1v) is 15.5. The van der Waals surface area contributed by atoms with E-state index < -0.39 is 11.9 Å². The summed E-state index contributed by atoms with van der Waals surface area (Å²) in [5.74, 6) is -0.881. The van der Waals surface area contributed by atoms with Crippen molar-refractivity contribution in [3.8, 4) is 11.1 Å². The van der Waals surface area contributed by atoms with Crippen LogP contribution in [0.5, 0.6) is 0 Å². The van der Waals surface area contributed by atoms with Crippen LogP contribution in [-0.4, -0.2) is 51.5 Å². The van der Waals surface area contributed by atoms with E-state index in [1.54, 1.807) is 24.3 Å². The number of hydrogen-bond acceptors (Lipinski definition) is 6. The Hall–Kier alpha value is -4.48. The van der Waals surface area contributed by atoms with E-state index in [2.05, 4.69) is 20.5 Å². The molecule has 3 amide bonds. The predicted octanol–water partition coefficient (Wildman–Crippen LogP) is 3.98. The zero-order valence-corrected chi connectivity index (χ0v) is 27.2. The smallest absolute Gasteiger partial charge is 0.271 e. The third-order valence-corrected chi connectivity index (χ3v) is 8.68. The first-order chi connectivity index (χ1) is 21.5. The van der Waals surface area contributed by atoms with Crippen LogP contribution in [0.4, 0.5) is 5.69 Å². The topological polar surface area (TPSA) is 180 Å². The molecule has 0 bridgehead atoms. The van der Waals surface area contributed by atoms with Gasteiger partial charge in [0.25, 0.3) is 11.5 Å². The van der Waals surface area contributed by atoms with Crippen LogP contribution in [0.1, 0.15) is 61.3 Å². The number of hydrogen-bond donors (Lipinski definition) is 5. The van der Waals surface area contributed by atoms with Gasteiger partial charge in [-0.05, 0) is 94.3 Å². The number of primary amides is 1. The first kappa shape index (κ1) is 34.4. The number of benzene rings is 2. The molecule has 12 heteroatoms. The van der Waals surface area contributed by atoms with Gasteiger partial charge in [0.1, 0.15) is 11.7 Å². The Morgan fingerprint density at radius 3 is 2.30 bits per heavy atom. The van der Waals surface area contributed by atoms with E-state index in [1.165, 1.54) is 4.90 Å². The molecule has 0 aliphatic heterocycles. The number of H-pyrrole nitrogens is 2. The van der Waals surface area contributed by atoms with Crippen molar-refractivity contribution in [3.63, 3.8) is 0 Å². The lowest BCUT2D eigenvalue weighted by molar-refractivity contribution is -0.127. The van der Waals surface area contributed by atoms with E-state index in [0.29, 0.717) is 53.3 Å². The highest BCUT2D eigenvalue weighted by molar-refractivity contribution is 6.03. The van der Waals surface area contributed by atoms with Gasteiger partial charge >= 0.3 is 0 Å². The molecular weight excluding hydrogens is 606 g/mol. The fourth-order valence-electron chi connectivity index (χ4n) is 6.17. The molecule has 2 aromatic carbocycles. The lowest BCUT2D eigenvalue weighted by Crippen LogP contribution is -2.52. The number of aromatic nitrogens is 3. The molecule has 0 spiro atoms. The van der Waals surface area contributed by atoms with Gasteiger partial charge in [0.05, 0.1) is 10.9 Å². The molecule has 2 heterocycles. The number of nitrogens with one attached hydrogen (secondary N) is 3. The number of anilines is 1. The average Bonchev–Trinajstić information content (AvgIpc) is 3.40. The molecule has 11 nitrogen and oxygen atoms in total. The Morgan fingerprint density at radius 1 is 1.00 bits per heavy atom. The SMILES string of the molecule is Cc1nc(C(=O)NC(C)C)ccc1-c1ccc(C[C@@H](C(N)=O)N(c2ccc3c(=O)[nH][nH]c3c2)C(=O)[C@H]2CC[C@H](CN)CC2)cc1.Cl. The minimum atomic E-state index is -0.958. The number of fused-ring (bicyclic) bond motifs is 1. The summed E-state index contributed by atoms with van der Waals surface area (Å²) >= 11 is 0. The number of nitrogens with two attached hydrogens (primary N) is 2. The van der Waals surface area contributed by atoms with Gasteiger partial charge < -0.3 is 16.8 Å². The molecule has 4 aromatic rings. The van der Waals surface area contributed by atoms with Gasteiger partial charge in [-0.3, -0.25) is 34.3 Å². The summed E-state index contributed by atoms with van der Waals surface area (Å²) < 4.78 is 0. The Kier molecular flexibility index (Phi) is 11.0. The number of pyridine rings is 1. The molecule has 1 atom stereocenters. The van der Waals surface area contributed by atoms with Crippen molar-refractivity contribution in [2.45, 2.75) is 65.0 Å². The summed E-state index contributed by atoms with van der Waals surface area (Å²) in [5, 5.41) is 8.72. The zero-order chi connectivity index (χ0) is 32.2. The highest BCUT2D eigenvalue weighted by Crippen LogP contribution is 2.33. The standard InChI is InChI=1S/C34H41N7O4.ClH/c1-19(2)37-33(44)28-15-14-26(20(3)38-28)23-8-4-21(5-9-23)16-30(31(36)42)41(34(45)24-10-6-22(18-35)7-11-24)25-12-13-27-29(17-25)39-40-32(27)43;/h4-5,8-9,12-15,17,19,22,24,30H,6-7,10-11,16,18,35H2,1-3H3,(H2,36,42)(H,37,44)(H2,39,40,43);1H/t22-,24-,30-;/m0./s1. The Bertz CT molecular complexity index is 1760. The van der Waals surface area contributed by atoms with Gasteiger partial charge in [0.2, 0.25) is 11.8 Å². The van der Waals surface area contributed by atoms with E-state index in [9.17, 15) is 19.2 Å². The molecule has 1 saturated carbocycles. The number of halogens is 1. The maximum atomic E-state index is 14.2. The molecule has 244 valence electrons. The molecule has 0 saturated heterocycles. The van der Waals surface area contributed by atoms with Gasteiger partial charge in [0, 0.05) is 35.3 Å². The summed E-state index contributed by atoms with van der Waals surface area (Å²) in [7, 11) is 0. The van der Waals surface area contributed by atoms with Crippen LogP contribution in [0.3, 0.4) is 0 Å². The molecule has 0 unspecified atom stereocenters. The highest BCUT2D eigenvalue weighted by Gasteiger charge is 2.36. The summed E-state index contributed by atoms with van der Waals surface area (Å²) in [5.41, 5.74) is 16.3. The Labute approximate surface area is 273 Å². The molecule has 2 aromatic heterocycles. The van der Waals surface area contributed by atoms with Crippen molar-refractivity contribution in [2.75, 3.05) is 11.4 Å². The number of amides is 3. The molecule has 7 N–H and O–H groups in total.